The van der Waals surface area contributed by atoms with Gasteiger partial charge in [0.1, 0.15) is 23.8 Å². The molecule has 3 aliphatic rings. The molecular formula is C22H26N2O7. The highest BCUT2D eigenvalue weighted by Crippen LogP contribution is 2.53. The summed E-state index contributed by atoms with van der Waals surface area (Å²) in [6.45, 7) is 3.78. The molecule has 3 aliphatic heterocycles. The first-order valence-corrected chi connectivity index (χ1v) is 9.99. The number of ketones is 1. The number of carbonyl (C=O) groups is 3. The maximum absolute atomic E-state index is 13.8. The highest BCUT2D eigenvalue weighted by molar-refractivity contribution is 6.08. The van der Waals surface area contributed by atoms with Crippen molar-refractivity contribution in [1.82, 2.24) is 9.80 Å². The number of nitrogens with zero attached hydrogens (tertiary/aromatic N) is 2. The van der Waals surface area contributed by atoms with Crippen LogP contribution in [0.5, 0.6) is 5.75 Å². The summed E-state index contributed by atoms with van der Waals surface area (Å²) in [7, 11) is 5.90. The van der Waals surface area contributed by atoms with Crippen LogP contribution in [0, 0.1) is 5.41 Å². The third-order valence-electron chi connectivity index (χ3n) is 6.86. The van der Waals surface area contributed by atoms with Crippen molar-refractivity contribution in [2.45, 2.75) is 30.6 Å². The van der Waals surface area contributed by atoms with Crippen LogP contribution in [0.25, 0.3) is 0 Å². The number of ether oxygens (including phenoxy) is 2. The van der Waals surface area contributed by atoms with E-state index < -0.39 is 35.6 Å². The molecule has 2 fully saturated rings. The number of amides is 1. The van der Waals surface area contributed by atoms with Crippen molar-refractivity contribution in [3.63, 3.8) is 0 Å². The molecule has 9 heteroatoms. The lowest BCUT2D eigenvalue weighted by Crippen LogP contribution is -2.69. The Morgan fingerprint density at radius 1 is 1.29 bits per heavy atom. The van der Waals surface area contributed by atoms with Gasteiger partial charge < -0.3 is 14.4 Å². The van der Waals surface area contributed by atoms with Crippen LogP contribution in [0.1, 0.15) is 28.4 Å². The minimum atomic E-state index is -1.25. The fourth-order valence-electron chi connectivity index (χ4n) is 5.57. The number of piperazine rings is 1. The predicted octanol–water partition coefficient (Wildman–Crippen LogP) is 1.14. The number of Topliss-reactive ketones (excluding diaryl/α,β-unsaturated/α-hetero) is 1. The highest BCUT2D eigenvalue weighted by atomic mass is 17.2. The van der Waals surface area contributed by atoms with Gasteiger partial charge in [-0.1, -0.05) is 18.2 Å². The van der Waals surface area contributed by atoms with Gasteiger partial charge in [-0.2, -0.15) is 0 Å². The van der Waals surface area contributed by atoms with E-state index in [1.807, 2.05) is 0 Å². The Labute approximate surface area is 180 Å². The van der Waals surface area contributed by atoms with Crippen molar-refractivity contribution in [3.8, 4) is 5.75 Å². The van der Waals surface area contributed by atoms with Gasteiger partial charge in [-0.05, 0) is 19.5 Å². The Balaban J connectivity index is 1.93. The molecule has 0 saturated carbocycles. The van der Waals surface area contributed by atoms with Gasteiger partial charge >= 0.3 is 5.97 Å². The molecule has 0 N–H and O–H groups in total. The Bertz CT molecular complexity index is 948. The zero-order valence-corrected chi connectivity index (χ0v) is 18.0. The summed E-state index contributed by atoms with van der Waals surface area (Å²) in [6.07, 6.45) is 1.79. The molecular weight excluding hydrogens is 404 g/mol. The SMILES string of the molecule is C=C[C@H]1c2c(OC)cccc2C(=O)C2[C@@H]3N(C)[C@@H](CC3(COOC)C(=O)OC)C(=O)N21. The number of benzene rings is 1. The zero-order valence-electron chi connectivity index (χ0n) is 18.0. The molecule has 2 unspecified atom stereocenters. The van der Waals surface area contributed by atoms with Crippen LogP contribution < -0.4 is 4.74 Å². The molecule has 0 aromatic heterocycles. The molecule has 0 radical (unpaired) electrons. The van der Waals surface area contributed by atoms with E-state index in [0.717, 1.165) is 0 Å². The molecule has 166 valence electrons. The molecule has 4 rings (SSSR count). The van der Waals surface area contributed by atoms with Gasteiger partial charge in [0.25, 0.3) is 0 Å². The quantitative estimate of drug-likeness (QED) is 0.287. The molecule has 1 aromatic rings. The largest absolute Gasteiger partial charge is 0.496 e. The monoisotopic (exact) mass is 430 g/mol. The van der Waals surface area contributed by atoms with Gasteiger partial charge in [0.2, 0.25) is 5.91 Å². The molecule has 1 aromatic carbocycles. The van der Waals surface area contributed by atoms with Crippen molar-refractivity contribution >= 4 is 17.7 Å². The molecule has 2 bridgehead atoms. The number of hydrogen-bond acceptors (Lipinski definition) is 8. The van der Waals surface area contributed by atoms with Gasteiger partial charge in [0.15, 0.2) is 5.78 Å². The van der Waals surface area contributed by atoms with Crippen LogP contribution >= 0.6 is 0 Å². The van der Waals surface area contributed by atoms with Crippen molar-refractivity contribution in [3.05, 3.63) is 42.0 Å². The van der Waals surface area contributed by atoms with E-state index in [2.05, 4.69) is 6.58 Å². The minimum absolute atomic E-state index is 0.143. The van der Waals surface area contributed by atoms with Gasteiger partial charge in [-0.25, -0.2) is 9.78 Å². The fraction of sp³-hybridized carbons (Fsp3) is 0.500. The molecule has 0 aliphatic carbocycles. The van der Waals surface area contributed by atoms with Crippen LogP contribution in [0.4, 0.5) is 0 Å². The Hall–Kier alpha value is -2.75. The van der Waals surface area contributed by atoms with E-state index in [-0.39, 0.29) is 24.7 Å². The summed E-state index contributed by atoms with van der Waals surface area (Å²) < 4.78 is 10.6. The summed E-state index contributed by atoms with van der Waals surface area (Å²) >= 11 is 0. The van der Waals surface area contributed by atoms with Crippen LogP contribution in [-0.2, 0) is 24.1 Å². The maximum Gasteiger partial charge on any atom is 0.316 e. The van der Waals surface area contributed by atoms with Crippen LogP contribution in [-0.4, -0.2) is 80.6 Å². The fourth-order valence-corrected chi connectivity index (χ4v) is 5.57. The van der Waals surface area contributed by atoms with E-state index in [0.29, 0.717) is 16.9 Å². The molecule has 0 spiro atoms. The molecule has 9 nitrogen and oxygen atoms in total. The number of carbonyl (C=O) groups excluding carboxylic acids is 3. The third kappa shape index (κ3) is 2.77. The van der Waals surface area contributed by atoms with Crippen molar-refractivity contribution in [1.29, 1.82) is 0 Å². The van der Waals surface area contributed by atoms with E-state index in [1.165, 1.54) is 21.3 Å². The lowest BCUT2D eigenvalue weighted by molar-refractivity contribution is -0.291. The number of likely N-dealkylation sites (N-methyl/N-ethyl adjacent to an activating group) is 1. The van der Waals surface area contributed by atoms with Gasteiger partial charge in [0, 0.05) is 11.1 Å². The Kier molecular flexibility index (Phi) is 5.36. The first kappa shape index (κ1) is 21.5. The number of esters is 1. The average Bonchev–Trinajstić information content (AvgIpc) is 3.02. The summed E-state index contributed by atoms with van der Waals surface area (Å²) in [4.78, 5) is 53.8. The summed E-state index contributed by atoms with van der Waals surface area (Å²) in [5.74, 6) is -0.543. The number of rotatable bonds is 6. The minimum Gasteiger partial charge on any atom is -0.496 e. The molecule has 5 atom stereocenters. The van der Waals surface area contributed by atoms with E-state index in [9.17, 15) is 14.4 Å². The molecule has 3 heterocycles. The van der Waals surface area contributed by atoms with Gasteiger partial charge in [-0.3, -0.25) is 19.3 Å². The highest BCUT2D eigenvalue weighted by Gasteiger charge is 2.68. The lowest BCUT2D eigenvalue weighted by Gasteiger charge is -2.51. The normalized spacial score (nSPS) is 31.8. The first-order valence-electron chi connectivity index (χ1n) is 9.99. The number of hydrogen-bond donors (Lipinski definition) is 0. The molecule has 2 saturated heterocycles. The van der Waals surface area contributed by atoms with Crippen molar-refractivity contribution in [2.75, 3.05) is 35.0 Å². The van der Waals surface area contributed by atoms with Gasteiger partial charge in [-0.15, -0.1) is 6.58 Å². The lowest BCUT2D eigenvalue weighted by atomic mass is 9.73. The van der Waals surface area contributed by atoms with Crippen LogP contribution in [0.2, 0.25) is 0 Å². The predicted molar refractivity (Wildman–Crippen MR) is 108 cm³/mol. The standard InChI is InChI=1S/C22H26N2O7/c1-6-13-16-12(8-7-9-15(16)28-3)18(25)17-19-22(11-31-30-5,21(27)29-4)10-14(23(19)2)20(26)24(13)17/h6-9,13-14,17,19H,1,10-11H2,2-5H3/t13-,14-,17?,19-,22?/m0/s1. The smallest absolute Gasteiger partial charge is 0.316 e. The first-order chi connectivity index (χ1) is 14.9. The third-order valence-corrected chi connectivity index (χ3v) is 6.86. The summed E-state index contributed by atoms with van der Waals surface area (Å²) in [6, 6.07) is 2.43. The van der Waals surface area contributed by atoms with Gasteiger partial charge in [0.05, 0.1) is 39.5 Å². The van der Waals surface area contributed by atoms with Crippen molar-refractivity contribution in [2.24, 2.45) is 5.41 Å². The van der Waals surface area contributed by atoms with E-state index in [4.69, 9.17) is 19.2 Å². The second kappa shape index (κ2) is 7.74. The Morgan fingerprint density at radius 2 is 2.03 bits per heavy atom. The number of fused-ring (bicyclic) bond motifs is 5. The van der Waals surface area contributed by atoms with Crippen LogP contribution in [0.15, 0.2) is 30.9 Å². The summed E-state index contributed by atoms with van der Waals surface area (Å²) in [5, 5.41) is 0. The van der Waals surface area contributed by atoms with Crippen molar-refractivity contribution < 1.29 is 33.6 Å². The average molecular weight is 430 g/mol. The second-order valence-corrected chi connectivity index (χ2v) is 8.06. The molecule has 1 amide bonds. The van der Waals surface area contributed by atoms with E-state index in [1.54, 1.807) is 41.1 Å². The summed E-state index contributed by atoms with van der Waals surface area (Å²) in [5.41, 5.74) is -0.198. The zero-order chi connectivity index (χ0) is 22.5. The second-order valence-electron chi connectivity index (χ2n) is 8.06. The van der Waals surface area contributed by atoms with Crippen LogP contribution in [0.3, 0.4) is 0 Å². The topological polar surface area (TPSA) is 94.6 Å². The Morgan fingerprint density at radius 3 is 2.65 bits per heavy atom. The van der Waals surface area contributed by atoms with E-state index >= 15 is 0 Å². The molecule has 31 heavy (non-hydrogen) atoms. The maximum atomic E-state index is 13.8. The number of methoxy groups -OCH3 is 2.